The van der Waals surface area contributed by atoms with Crippen LogP contribution >= 0.6 is 22.9 Å². The normalized spacial score (nSPS) is 10.8. The number of thiophene rings is 1. The molecule has 1 amide bonds. The topological polar surface area (TPSA) is 42.0 Å². The number of anilines is 1. The first kappa shape index (κ1) is 11.0. The van der Waals surface area contributed by atoms with Crippen molar-refractivity contribution in [1.82, 2.24) is 4.37 Å². The largest absolute Gasteiger partial charge is 0.313 e. The molecule has 0 aromatic carbocycles. The first-order chi connectivity index (χ1) is 7.74. The molecule has 2 aromatic rings. The van der Waals surface area contributed by atoms with Crippen molar-refractivity contribution in [3.63, 3.8) is 0 Å². The Kier molecular flexibility index (Phi) is 3.48. The Hall–Kier alpha value is -1.46. The Morgan fingerprint density at radius 1 is 1.56 bits per heavy atom. The third-order valence-electron chi connectivity index (χ3n) is 1.82. The fraction of sp³-hybridized carbons (Fsp3) is 0.0909. The van der Waals surface area contributed by atoms with Gasteiger partial charge in [0, 0.05) is 11.0 Å². The van der Waals surface area contributed by atoms with Gasteiger partial charge in [0.05, 0.1) is 5.69 Å². The second kappa shape index (κ2) is 5.05. The number of nitrogens with zero attached hydrogens (tertiary/aromatic N) is 1. The molecule has 1 N–H and O–H groups in total. The van der Waals surface area contributed by atoms with Gasteiger partial charge in [-0.2, -0.15) is 4.37 Å². The van der Waals surface area contributed by atoms with Crippen LogP contribution in [0.1, 0.15) is 10.6 Å². The van der Waals surface area contributed by atoms with E-state index in [1.165, 1.54) is 17.6 Å². The van der Waals surface area contributed by atoms with E-state index in [2.05, 4.69) is 9.69 Å². The van der Waals surface area contributed by atoms with E-state index < -0.39 is 0 Å². The first-order valence-electron chi connectivity index (χ1n) is 4.70. The maximum absolute atomic E-state index is 11.5. The fourth-order valence-electron chi connectivity index (χ4n) is 1.13. The number of nitrogens with one attached hydrogen (secondary N) is 1. The van der Waals surface area contributed by atoms with Crippen molar-refractivity contribution in [3.05, 3.63) is 40.2 Å². The summed E-state index contributed by atoms with van der Waals surface area (Å²) in [5.74, 6) is -0.128. The lowest BCUT2D eigenvalue weighted by atomic mass is 10.4. The molecule has 0 saturated carbocycles. The number of amides is 1. The van der Waals surface area contributed by atoms with Gasteiger partial charge in [-0.25, -0.2) is 0 Å². The average molecular weight is 250 g/mol. The van der Waals surface area contributed by atoms with Crippen LogP contribution in [-0.2, 0) is 4.79 Å². The summed E-state index contributed by atoms with van der Waals surface area (Å²) in [7, 11) is 0. The Morgan fingerprint density at radius 3 is 3.06 bits per heavy atom. The highest BCUT2D eigenvalue weighted by Crippen LogP contribution is 2.15. The number of rotatable bonds is 3. The van der Waals surface area contributed by atoms with Crippen molar-refractivity contribution >= 4 is 39.9 Å². The summed E-state index contributed by atoms with van der Waals surface area (Å²) in [6.45, 7) is 1.90. The number of hydrogen-bond donors (Lipinski definition) is 1. The predicted octanol–water partition coefficient (Wildman–Crippen LogP) is 3.16. The van der Waals surface area contributed by atoms with Crippen LogP contribution in [0.25, 0.3) is 6.08 Å². The molecule has 2 heterocycles. The van der Waals surface area contributed by atoms with Gasteiger partial charge in [-0.05, 0) is 42.0 Å². The SMILES string of the molecule is Cc1cc(NC(=O)C=Cc2cccs2)sn1. The van der Waals surface area contributed by atoms with E-state index in [0.29, 0.717) is 0 Å². The predicted molar refractivity (Wildman–Crippen MR) is 68.8 cm³/mol. The molecule has 2 rings (SSSR count). The van der Waals surface area contributed by atoms with Crippen molar-refractivity contribution in [1.29, 1.82) is 0 Å². The highest BCUT2D eigenvalue weighted by atomic mass is 32.1. The highest BCUT2D eigenvalue weighted by molar-refractivity contribution is 7.11. The Balaban J connectivity index is 1.94. The Labute approximate surface area is 102 Å². The summed E-state index contributed by atoms with van der Waals surface area (Å²) in [5, 5.41) is 5.51. The molecular formula is C11H10N2OS2. The molecule has 2 aromatic heterocycles. The van der Waals surface area contributed by atoms with Gasteiger partial charge >= 0.3 is 0 Å². The zero-order valence-electron chi connectivity index (χ0n) is 8.64. The van der Waals surface area contributed by atoms with Crippen molar-refractivity contribution in [2.24, 2.45) is 0 Å². The molecule has 0 saturated heterocycles. The van der Waals surface area contributed by atoms with Crippen LogP contribution in [0.2, 0.25) is 0 Å². The van der Waals surface area contributed by atoms with Crippen molar-refractivity contribution in [2.75, 3.05) is 5.32 Å². The van der Waals surface area contributed by atoms with Gasteiger partial charge < -0.3 is 5.32 Å². The molecule has 0 fully saturated rings. The molecule has 0 spiro atoms. The summed E-state index contributed by atoms with van der Waals surface area (Å²) < 4.78 is 4.08. The van der Waals surface area contributed by atoms with Crippen molar-refractivity contribution < 1.29 is 4.79 Å². The zero-order valence-corrected chi connectivity index (χ0v) is 10.3. The zero-order chi connectivity index (χ0) is 11.4. The summed E-state index contributed by atoms with van der Waals surface area (Å²) in [4.78, 5) is 12.6. The van der Waals surface area contributed by atoms with Crippen LogP contribution in [0.15, 0.2) is 29.7 Å². The molecule has 0 aliphatic rings. The second-order valence-corrected chi connectivity index (χ2v) is 4.95. The van der Waals surface area contributed by atoms with Crippen molar-refractivity contribution in [3.8, 4) is 0 Å². The Morgan fingerprint density at radius 2 is 2.44 bits per heavy atom. The van der Waals surface area contributed by atoms with Crippen LogP contribution in [-0.4, -0.2) is 10.3 Å². The fourth-order valence-corrected chi connectivity index (χ4v) is 2.41. The number of carbonyl (C=O) groups is 1. The minimum absolute atomic E-state index is 0.128. The number of carbonyl (C=O) groups excluding carboxylic acids is 1. The van der Waals surface area contributed by atoms with E-state index in [1.807, 2.05) is 30.5 Å². The third kappa shape index (κ3) is 3.01. The smallest absolute Gasteiger partial charge is 0.249 e. The van der Waals surface area contributed by atoms with Crippen LogP contribution in [0.4, 0.5) is 5.00 Å². The van der Waals surface area contributed by atoms with Crippen LogP contribution in [0.5, 0.6) is 0 Å². The van der Waals surface area contributed by atoms with Gasteiger partial charge in [0.25, 0.3) is 0 Å². The molecule has 0 radical (unpaired) electrons. The van der Waals surface area contributed by atoms with Crippen molar-refractivity contribution in [2.45, 2.75) is 6.92 Å². The van der Waals surface area contributed by atoms with Gasteiger partial charge in [-0.15, -0.1) is 11.3 Å². The Bertz CT molecular complexity index is 500. The van der Waals surface area contributed by atoms with Gasteiger partial charge in [-0.3, -0.25) is 4.79 Å². The summed E-state index contributed by atoms with van der Waals surface area (Å²) in [5.41, 5.74) is 0.919. The lowest BCUT2D eigenvalue weighted by Crippen LogP contribution is -2.05. The number of aryl methyl sites for hydroxylation is 1. The molecule has 0 aliphatic heterocycles. The molecule has 5 heteroatoms. The molecular weight excluding hydrogens is 240 g/mol. The molecule has 0 aliphatic carbocycles. The molecule has 0 bridgehead atoms. The standard InChI is InChI=1S/C11H10N2OS2/c1-8-7-11(16-13-8)12-10(14)5-4-9-3-2-6-15-9/h2-7H,1H3,(H,12,14). The van der Waals surface area contributed by atoms with E-state index >= 15 is 0 Å². The maximum Gasteiger partial charge on any atom is 0.249 e. The third-order valence-corrected chi connectivity index (χ3v) is 3.45. The quantitative estimate of drug-likeness (QED) is 0.850. The van der Waals surface area contributed by atoms with E-state index in [0.717, 1.165) is 15.6 Å². The van der Waals surface area contributed by atoms with Crippen LogP contribution < -0.4 is 5.32 Å². The molecule has 82 valence electrons. The molecule has 16 heavy (non-hydrogen) atoms. The summed E-state index contributed by atoms with van der Waals surface area (Å²) in [6.07, 6.45) is 3.33. The second-order valence-electron chi connectivity index (χ2n) is 3.17. The van der Waals surface area contributed by atoms with E-state index in [4.69, 9.17) is 0 Å². The van der Waals surface area contributed by atoms with E-state index in [-0.39, 0.29) is 5.91 Å². The van der Waals surface area contributed by atoms with E-state index in [9.17, 15) is 4.79 Å². The first-order valence-corrected chi connectivity index (χ1v) is 6.35. The molecule has 0 atom stereocenters. The summed E-state index contributed by atoms with van der Waals surface area (Å²) in [6, 6.07) is 5.77. The monoisotopic (exact) mass is 250 g/mol. The number of hydrogen-bond acceptors (Lipinski definition) is 4. The minimum Gasteiger partial charge on any atom is -0.313 e. The summed E-state index contributed by atoms with van der Waals surface area (Å²) >= 11 is 2.89. The van der Waals surface area contributed by atoms with Gasteiger partial charge in [0.15, 0.2) is 0 Å². The lowest BCUT2D eigenvalue weighted by Gasteiger charge is -1.94. The van der Waals surface area contributed by atoms with Gasteiger partial charge in [0.1, 0.15) is 5.00 Å². The van der Waals surface area contributed by atoms with Crippen LogP contribution in [0.3, 0.4) is 0 Å². The van der Waals surface area contributed by atoms with Gasteiger partial charge in [0.2, 0.25) is 5.91 Å². The maximum atomic E-state index is 11.5. The molecule has 0 unspecified atom stereocenters. The van der Waals surface area contributed by atoms with Crippen LogP contribution in [0, 0.1) is 6.92 Å². The molecule has 3 nitrogen and oxygen atoms in total. The average Bonchev–Trinajstić information content (AvgIpc) is 2.87. The lowest BCUT2D eigenvalue weighted by molar-refractivity contribution is -0.111. The highest BCUT2D eigenvalue weighted by Gasteiger charge is 2.00. The minimum atomic E-state index is -0.128. The number of aromatic nitrogens is 1. The van der Waals surface area contributed by atoms with E-state index in [1.54, 1.807) is 17.4 Å². The van der Waals surface area contributed by atoms with Gasteiger partial charge in [-0.1, -0.05) is 6.07 Å².